The zero-order valence-electron chi connectivity index (χ0n) is 15.6. The van der Waals surface area contributed by atoms with Crippen LogP contribution in [-0.2, 0) is 6.42 Å². The van der Waals surface area contributed by atoms with Gasteiger partial charge in [0, 0.05) is 18.2 Å². The molecule has 0 aliphatic heterocycles. The van der Waals surface area contributed by atoms with E-state index in [2.05, 4.69) is 15.0 Å². The monoisotopic (exact) mass is 378 g/mol. The first-order valence-electron chi connectivity index (χ1n) is 8.93. The van der Waals surface area contributed by atoms with E-state index in [-0.39, 0.29) is 29.9 Å². The van der Waals surface area contributed by atoms with E-state index >= 15 is 0 Å². The van der Waals surface area contributed by atoms with Crippen molar-refractivity contribution in [1.29, 1.82) is 0 Å². The molecule has 2 N–H and O–H groups in total. The van der Waals surface area contributed by atoms with Crippen molar-refractivity contribution in [2.45, 2.75) is 25.7 Å². The third-order valence-corrected chi connectivity index (χ3v) is 5.04. The van der Waals surface area contributed by atoms with Gasteiger partial charge in [-0.05, 0) is 54.7 Å². The molecule has 0 amide bonds. The third-order valence-electron chi connectivity index (χ3n) is 5.04. The first-order chi connectivity index (χ1) is 13.5. The Hall–Kier alpha value is -3.35. The number of aryl methyl sites for hydroxylation is 1. The van der Waals surface area contributed by atoms with E-state index in [4.69, 9.17) is 10.5 Å². The summed E-state index contributed by atoms with van der Waals surface area (Å²) < 4.78 is 19.5. The van der Waals surface area contributed by atoms with Crippen molar-refractivity contribution in [1.82, 2.24) is 15.0 Å². The first-order valence-corrected chi connectivity index (χ1v) is 8.93. The number of anilines is 1. The Morgan fingerprint density at radius 1 is 1.18 bits per heavy atom. The smallest absolute Gasteiger partial charge is 0.221 e. The van der Waals surface area contributed by atoms with Crippen molar-refractivity contribution in [2.24, 2.45) is 0 Å². The number of carbonyl (C=O) groups excluding carboxylic acids is 1. The number of hydrogen-bond donors (Lipinski definition) is 1. The first kappa shape index (κ1) is 18.0. The zero-order chi connectivity index (χ0) is 19.8. The average molecular weight is 378 g/mol. The SMILES string of the molecule is COc1ncccc1-c1ccc(F)cc1C1CC(=O)c2c(C)nc(N)nc2C1. The fraction of sp³-hybridized carbons (Fsp3) is 0.238. The van der Waals surface area contributed by atoms with E-state index in [1.54, 1.807) is 25.3 Å². The number of carbonyl (C=O) groups is 1. The lowest BCUT2D eigenvalue weighted by molar-refractivity contribution is 0.0962. The summed E-state index contributed by atoms with van der Waals surface area (Å²) >= 11 is 0. The van der Waals surface area contributed by atoms with Gasteiger partial charge in [0.25, 0.3) is 0 Å². The number of halogens is 1. The summed E-state index contributed by atoms with van der Waals surface area (Å²) in [6.07, 6.45) is 2.36. The molecular formula is C21H19FN4O2. The van der Waals surface area contributed by atoms with E-state index in [1.165, 1.54) is 19.2 Å². The van der Waals surface area contributed by atoms with Gasteiger partial charge in [-0.25, -0.2) is 19.3 Å². The van der Waals surface area contributed by atoms with Crippen LogP contribution in [0.2, 0.25) is 0 Å². The lowest BCUT2D eigenvalue weighted by atomic mass is 9.78. The lowest BCUT2D eigenvalue weighted by Crippen LogP contribution is -2.23. The van der Waals surface area contributed by atoms with Gasteiger partial charge in [0.2, 0.25) is 11.8 Å². The van der Waals surface area contributed by atoms with E-state index in [0.29, 0.717) is 29.3 Å². The topological polar surface area (TPSA) is 91.0 Å². The van der Waals surface area contributed by atoms with Crippen LogP contribution in [-0.4, -0.2) is 27.8 Å². The van der Waals surface area contributed by atoms with Gasteiger partial charge < -0.3 is 10.5 Å². The molecule has 1 aliphatic carbocycles. The van der Waals surface area contributed by atoms with Gasteiger partial charge in [-0.15, -0.1) is 0 Å². The number of nitrogens with two attached hydrogens (primary N) is 1. The molecule has 0 radical (unpaired) electrons. The molecular weight excluding hydrogens is 359 g/mol. The highest BCUT2D eigenvalue weighted by Crippen LogP contribution is 2.40. The van der Waals surface area contributed by atoms with E-state index in [9.17, 15) is 9.18 Å². The number of Topliss-reactive ketones (excluding diaryl/α,β-unsaturated/α-hetero) is 1. The Morgan fingerprint density at radius 3 is 2.79 bits per heavy atom. The Bertz CT molecular complexity index is 1080. The van der Waals surface area contributed by atoms with Gasteiger partial charge in [-0.2, -0.15) is 0 Å². The van der Waals surface area contributed by atoms with Crippen LogP contribution in [0.25, 0.3) is 11.1 Å². The lowest BCUT2D eigenvalue weighted by Gasteiger charge is -2.26. The molecule has 1 unspecified atom stereocenters. The molecule has 6 nitrogen and oxygen atoms in total. The summed E-state index contributed by atoms with van der Waals surface area (Å²) in [6.45, 7) is 1.75. The second kappa shape index (κ2) is 6.99. The summed E-state index contributed by atoms with van der Waals surface area (Å²) in [5.74, 6) is -0.0712. The van der Waals surface area contributed by atoms with Crippen LogP contribution in [0.4, 0.5) is 10.3 Å². The van der Waals surface area contributed by atoms with Crippen molar-refractivity contribution in [2.75, 3.05) is 12.8 Å². The number of benzene rings is 1. The Morgan fingerprint density at radius 2 is 2.00 bits per heavy atom. The molecule has 0 fully saturated rings. The summed E-state index contributed by atoms with van der Waals surface area (Å²) in [4.78, 5) is 25.4. The number of aromatic nitrogens is 3. The molecule has 0 bridgehead atoms. The number of pyridine rings is 1. The average Bonchev–Trinajstić information content (AvgIpc) is 2.67. The molecule has 142 valence electrons. The van der Waals surface area contributed by atoms with Crippen molar-refractivity contribution in [3.05, 3.63) is 64.9 Å². The molecule has 0 saturated carbocycles. The quantitative estimate of drug-likeness (QED) is 0.750. The van der Waals surface area contributed by atoms with Crippen LogP contribution < -0.4 is 10.5 Å². The van der Waals surface area contributed by atoms with E-state index in [0.717, 1.165) is 16.7 Å². The molecule has 7 heteroatoms. The second-order valence-electron chi connectivity index (χ2n) is 6.81. The van der Waals surface area contributed by atoms with Crippen molar-refractivity contribution >= 4 is 11.7 Å². The highest BCUT2D eigenvalue weighted by molar-refractivity contribution is 6.00. The van der Waals surface area contributed by atoms with Gasteiger partial charge in [0.1, 0.15) is 5.82 Å². The van der Waals surface area contributed by atoms with E-state index < -0.39 is 0 Å². The van der Waals surface area contributed by atoms with Crippen LogP contribution in [0, 0.1) is 12.7 Å². The minimum absolute atomic E-state index is 0.0582. The third kappa shape index (κ3) is 3.09. The highest BCUT2D eigenvalue weighted by atomic mass is 19.1. The maximum absolute atomic E-state index is 14.1. The Labute approximate surface area is 161 Å². The molecule has 1 aliphatic rings. The molecule has 28 heavy (non-hydrogen) atoms. The molecule has 0 saturated heterocycles. The van der Waals surface area contributed by atoms with Crippen molar-refractivity contribution in [3.63, 3.8) is 0 Å². The van der Waals surface area contributed by atoms with Crippen molar-refractivity contribution in [3.8, 4) is 17.0 Å². The Kier molecular flexibility index (Phi) is 4.50. The van der Waals surface area contributed by atoms with Crippen LogP contribution in [0.3, 0.4) is 0 Å². The molecule has 2 aromatic heterocycles. The number of nitrogens with zero attached hydrogens (tertiary/aromatic N) is 3. The normalized spacial score (nSPS) is 16.0. The molecule has 1 aromatic carbocycles. The maximum Gasteiger partial charge on any atom is 0.221 e. The minimum Gasteiger partial charge on any atom is -0.481 e. The van der Waals surface area contributed by atoms with Crippen LogP contribution in [0.1, 0.15) is 39.6 Å². The number of rotatable bonds is 3. The highest BCUT2D eigenvalue weighted by Gasteiger charge is 2.31. The minimum atomic E-state index is -0.363. The zero-order valence-corrected chi connectivity index (χ0v) is 15.6. The predicted octanol–water partition coefficient (Wildman–Crippen LogP) is 3.49. The largest absolute Gasteiger partial charge is 0.481 e. The standard InChI is InChI=1S/C21H19FN4O2/c1-11-19-17(26-21(23)25-11)8-12(9-18(19)27)16-10-13(22)5-6-14(16)15-4-3-7-24-20(15)28-2/h3-7,10,12H,8-9H2,1-2H3,(H2,23,25,26). The Balaban J connectivity index is 1.84. The van der Waals surface area contributed by atoms with Crippen LogP contribution in [0.5, 0.6) is 5.88 Å². The summed E-state index contributed by atoms with van der Waals surface area (Å²) in [5, 5.41) is 0. The maximum atomic E-state index is 14.1. The van der Waals surface area contributed by atoms with Crippen LogP contribution >= 0.6 is 0 Å². The summed E-state index contributed by atoms with van der Waals surface area (Å²) in [7, 11) is 1.54. The van der Waals surface area contributed by atoms with E-state index in [1.807, 2.05) is 6.07 Å². The fourth-order valence-corrected chi connectivity index (χ4v) is 3.89. The van der Waals surface area contributed by atoms with Gasteiger partial charge in [0.15, 0.2) is 5.78 Å². The van der Waals surface area contributed by atoms with Gasteiger partial charge in [-0.1, -0.05) is 6.07 Å². The molecule has 1 atom stereocenters. The van der Waals surface area contributed by atoms with Gasteiger partial charge in [0.05, 0.1) is 24.1 Å². The molecule has 4 rings (SSSR count). The van der Waals surface area contributed by atoms with Gasteiger partial charge >= 0.3 is 0 Å². The molecule has 0 spiro atoms. The van der Waals surface area contributed by atoms with Crippen LogP contribution in [0.15, 0.2) is 36.5 Å². The number of nitrogen functional groups attached to an aromatic ring is 1. The summed E-state index contributed by atoms with van der Waals surface area (Å²) in [6, 6.07) is 8.23. The molecule has 2 heterocycles. The number of methoxy groups -OCH3 is 1. The number of fused-ring (bicyclic) bond motifs is 1. The van der Waals surface area contributed by atoms with Crippen molar-refractivity contribution < 1.29 is 13.9 Å². The predicted molar refractivity (Wildman–Crippen MR) is 103 cm³/mol. The second-order valence-corrected chi connectivity index (χ2v) is 6.81. The number of hydrogen-bond acceptors (Lipinski definition) is 6. The van der Waals surface area contributed by atoms with Gasteiger partial charge in [-0.3, -0.25) is 4.79 Å². The molecule has 3 aromatic rings. The number of ketones is 1. The number of ether oxygens (including phenoxy) is 1. The fourth-order valence-electron chi connectivity index (χ4n) is 3.89. The summed E-state index contributed by atoms with van der Waals surface area (Å²) in [5.41, 5.74) is 9.75.